The molecule has 0 aromatic heterocycles. The van der Waals surface area contributed by atoms with Crippen LogP contribution in [0.3, 0.4) is 0 Å². The molecule has 3 N–H and O–H groups in total. The molecule has 64 valence electrons. The first-order chi connectivity index (χ1) is 5.52. The maximum absolute atomic E-state index is 9.16. The van der Waals surface area contributed by atoms with Gasteiger partial charge in [-0.2, -0.15) is 0 Å². The Balaban J connectivity index is 3.23. The summed E-state index contributed by atoms with van der Waals surface area (Å²) in [6.07, 6.45) is 0. The maximum atomic E-state index is 9.16. The molecular formula is C7H8BClO3. The second kappa shape index (κ2) is 3.35. The molecule has 12 heavy (non-hydrogen) atoms. The fourth-order valence-electron chi connectivity index (χ4n) is 0.891. The normalized spacial score (nSPS) is 10.0. The van der Waals surface area contributed by atoms with Crippen LogP contribution in [0.2, 0.25) is 5.02 Å². The average Bonchev–Trinajstić information content (AvgIpc) is 1.96. The lowest BCUT2D eigenvalue weighted by Gasteiger charge is -2.05. The monoisotopic (exact) mass is 186 g/mol. The molecular weight excluding hydrogens is 178 g/mol. The van der Waals surface area contributed by atoms with Crippen molar-refractivity contribution in [2.75, 3.05) is 0 Å². The molecule has 0 fully saturated rings. The molecule has 3 nitrogen and oxygen atoms in total. The zero-order chi connectivity index (χ0) is 9.30. The second-order valence-electron chi connectivity index (χ2n) is 2.53. The lowest BCUT2D eigenvalue weighted by atomic mass is 9.79. The molecule has 0 atom stereocenters. The van der Waals surface area contributed by atoms with Crippen LogP contribution in [0.4, 0.5) is 0 Å². The molecule has 0 bridgehead atoms. The lowest BCUT2D eigenvalue weighted by Crippen LogP contribution is -2.30. The van der Waals surface area contributed by atoms with Crippen molar-refractivity contribution in [3.05, 3.63) is 22.7 Å². The first-order valence-electron chi connectivity index (χ1n) is 3.37. The van der Waals surface area contributed by atoms with Crippen LogP contribution in [0.15, 0.2) is 12.1 Å². The Morgan fingerprint density at radius 1 is 1.33 bits per heavy atom. The highest BCUT2D eigenvalue weighted by molar-refractivity contribution is 6.62. The predicted octanol–water partition coefficient (Wildman–Crippen LogP) is 0.0338. The number of benzene rings is 1. The van der Waals surface area contributed by atoms with Gasteiger partial charge in [-0.05, 0) is 18.6 Å². The SMILES string of the molecule is Cc1cc(B(O)O)c(Cl)cc1O. The standard InChI is InChI=1S/C7H8BClO3/c1-4-2-5(8(11)12)6(9)3-7(4)10/h2-3,10-12H,1H3. The predicted molar refractivity (Wildman–Crippen MR) is 47.7 cm³/mol. The smallest absolute Gasteiger partial charge is 0.489 e. The van der Waals surface area contributed by atoms with E-state index in [-0.39, 0.29) is 16.2 Å². The molecule has 0 unspecified atom stereocenters. The van der Waals surface area contributed by atoms with Crippen molar-refractivity contribution in [2.24, 2.45) is 0 Å². The van der Waals surface area contributed by atoms with Crippen molar-refractivity contribution < 1.29 is 15.2 Å². The van der Waals surface area contributed by atoms with Crippen LogP contribution in [-0.2, 0) is 0 Å². The summed E-state index contributed by atoms with van der Waals surface area (Å²) >= 11 is 5.62. The summed E-state index contributed by atoms with van der Waals surface area (Å²) in [6, 6.07) is 2.72. The first-order valence-corrected chi connectivity index (χ1v) is 3.75. The van der Waals surface area contributed by atoms with Crippen molar-refractivity contribution >= 4 is 24.2 Å². The fourth-order valence-corrected chi connectivity index (χ4v) is 1.15. The van der Waals surface area contributed by atoms with E-state index in [1.165, 1.54) is 12.1 Å². The molecule has 0 saturated heterocycles. The number of halogens is 1. The zero-order valence-corrected chi connectivity index (χ0v) is 7.21. The summed E-state index contributed by atoms with van der Waals surface area (Å²) < 4.78 is 0. The minimum Gasteiger partial charge on any atom is -0.508 e. The number of phenolic OH excluding ortho intramolecular Hbond substituents is 1. The minimum absolute atomic E-state index is 0.0457. The van der Waals surface area contributed by atoms with E-state index in [1.54, 1.807) is 6.92 Å². The number of hydrogen-bond donors (Lipinski definition) is 3. The van der Waals surface area contributed by atoms with Gasteiger partial charge in [0.15, 0.2) is 0 Å². The Hall–Kier alpha value is -0.705. The van der Waals surface area contributed by atoms with E-state index in [2.05, 4.69) is 0 Å². The highest BCUT2D eigenvalue weighted by atomic mass is 35.5. The maximum Gasteiger partial charge on any atom is 0.489 e. The molecule has 0 radical (unpaired) electrons. The van der Waals surface area contributed by atoms with Crippen LogP contribution in [0.5, 0.6) is 5.75 Å². The zero-order valence-electron chi connectivity index (χ0n) is 6.45. The Kier molecular flexibility index (Phi) is 2.62. The van der Waals surface area contributed by atoms with Gasteiger partial charge in [-0.3, -0.25) is 0 Å². The van der Waals surface area contributed by atoms with E-state index in [1.807, 2.05) is 0 Å². The summed E-state index contributed by atoms with van der Waals surface area (Å²) in [6.45, 7) is 1.65. The molecule has 0 aliphatic rings. The summed E-state index contributed by atoms with van der Waals surface area (Å²) in [4.78, 5) is 0. The molecule has 0 amide bonds. The lowest BCUT2D eigenvalue weighted by molar-refractivity contribution is 0.425. The van der Waals surface area contributed by atoms with Gasteiger partial charge in [-0.1, -0.05) is 17.7 Å². The molecule has 0 aliphatic carbocycles. The van der Waals surface area contributed by atoms with Crippen LogP contribution in [0, 0.1) is 6.92 Å². The summed E-state index contributed by atoms with van der Waals surface area (Å²) in [7, 11) is -1.60. The van der Waals surface area contributed by atoms with Crippen LogP contribution >= 0.6 is 11.6 Å². The van der Waals surface area contributed by atoms with E-state index in [4.69, 9.17) is 26.8 Å². The van der Waals surface area contributed by atoms with Crippen LogP contribution in [0.1, 0.15) is 5.56 Å². The average molecular weight is 186 g/mol. The molecule has 0 saturated carbocycles. The summed E-state index contributed by atoms with van der Waals surface area (Å²) in [5, 5.41) is 26.9. The largest absolute Gasteiger partial charge is 0.508 e. The van der Waals surface area contributed by atoms with E-state index >= 15 is 0 Å². The van der Waals surface area contributed by atoms with Crippen LogP contribution < -0.4 is 5.46 Å². The number of hydrogen-bond acceptors (Lipinski definition) is 3. The molecule has 1 aromatic rings. The third kappa shape index (κ3) is 1.72. The van der Waals surface area contributed by atoms with Gasteiger partial charge in [-0.25, -0.2) is 0 Å². The van der Waals surface area contributed by atoms with Crippen LogP contribution in [-0.4, -0.2) is 22.3 Å². The van der Waals surface area contributed by atoms with Gasteiger partial charge in [0, 0.05) is 10.5 Å². The van der Waals surface area contributed by atoms with Gasteiger partial charge >= 0.3 is 7.12 Å². The van der Waals surface area contributed by atoms with Crippen molar-refractivity contribution in [3.63, 3.8) is 0 Å². The van der Waals surface area contributed by atoms with Gasteiger partial charge in [-0.15, -0.1) is 0 Å². The van der Waals surface area contributed by atoms with E-state index in [0.717, 1.165) is 0 Å². The van der Waals surface area contributed by atoms with Gasteiger partial charge in [0.05, 0.1) is 0 Å². The second-order valence-corrected chi connectivity index (χ2v) is 2.94. The molecule has 0 aliphatic heterocycles. The van der Waals surface area contributed by atoms with Crippen molar-refractivity contribution in [1.82, 2.24) is 0 Å². The van der Waals surface area contributed by atoms with Gasteiger partial charge in [0.2, 0.25) is 0 Å². The number of rotatable bonds is 1. The fraction of sp³-hybridized carbons (Fsp3) is 0.143. The highest BCUT2D eigenvalue weighted by Crippen LogP contribution is 2.19. The third-order valence-corrected chi connectivity index (χ3v) is 1.92. The quantitative estimate of drug-likeness (QED) is 0.543. The molecule has 1 rings (SSSR count). The van der Waals surface area contributed by atoms with Crippen molar-refractivity contribution in [1.29, 1.82) is 0 Å². The Morgan fingerprint density at radius 2 is 1.92 bits per heavy atom. The van der Waals surface area contributed by atoms with Gasteiger partial charge in [0.25, 0.3) is 0 Å². The highest BCUT2D eigenvalue weighted by Gasteiger charge is 2.16. The van der Waals surface area contributed by atoms with E-state index < -0.39 is 7.12 Å². The molecule has 5 heteroatoms. The number of aryl methyl sites for hydroxylation is 1. The molecule has 0 spiro atoms. The Morgan fingerprint density at radius 3 is 2.42 bits per heavy atom. The summed E-state index contributed by atoms with van der Waals surface area (Å²) in [5.74, 6) is 0.0457. The first kappa shape index (κ1) is 9.38. The molecule has 0 heterocycles. The number of phenols is 1. The van der Waals surface area contributed by atoms with Crippen molar-refractivity contribution in [2.45, 2.75) is 6.92 Å². The van der Waals surface area contributed by atoms with Crippen molar-refractivity contribution in [3.8, 4) is 5.75 Å². The van der Waals surface area contributed by atoms with Gasteiger partial charge in [0.1, 0.15) is 5.75 Å². The van der Waals surface area contributed by atoms with Crippen LogP contribution in [0.25, 0.3) is 0 Å². The minimum atomic E-state index is -1.60. The Bertz CT molecular complexity index is 301. The summed E-state index contributed by atoms with van der Waals surface area (Å²) in [5.41, 5.74) is 0.759. The van der Waals surface area contributed by atoms with E-state index in [0.29, 0.717) is 5.56 Å². The third-order valence-electron chi connectivity index (χ3n) is 1.59. The topological polar surface area (TPSA) is 60.7 Å². The van der Waals surface area contributed by atoms with E-state index in [9.17, 15) is 0 Å². The van der Waals surface area contributed by atoms with Gasteiger partial charge < -0.3 is 15.2 Å². The molecule has 1 aromatic carbocycles. The Labute approximate surface area is 75.4 Å². The number of aromatic hydroxyl groups is 1.